The average Bonchev–Trinajstić information content (AvgIpc) is 3.86. The monoisotopic (exact) mass is 790 g/mol. The van der Waals surface area contributed by atoms with Crippen molar-refractivity contribution in [3.63, 3.8) is 0 Å². The van der Waals surface area contributed by atoms with Crippen molar-refractivity contribution >= 4 is 43.6 Å². The molecule has 0 spiro atoms. The van der Waals surface area contributed by atoms with Gasteiger partial charge in [-0.1, -0.05) is 182 Å². The number of aromatic nitrogens is 4. The minimum Gasteiger partial charge on any atom is -0.309 e. The van der Waals surface area contributed by atoms with Crippen LogP contribution in [0.1, 0.15) is 0 Å². The van der Waals surface area contributed by atoms with Gasteiger partial charge in [-0.3, -0.25) is 4.57 Å². The molecule has 9 aromatic carbocycles. The Morgan fingerprint density at radius 2 is 0.661 bits per heavy atom. The van der Waals surface area contributed by atoms with E-state index in [0.717, 1.165) is 83.8 Å². The summed E-state index contributed by atoms with van der Waals surface area (Å²) in [5.41, 5.74) is 15.8. The van der Waals surface area contributed by atoms with Gasteiger partial charge in [0.25, 0.3) is 0 Å². The third-order valence-electron chi connectivity index (χ3n) is 12.1. The first kappa shape index (κ1) is 35.6. The standard InChI is InChI=1S/C58H38N4/c1-6-18-39(19-7-1)45-30-33-48-50-37-44(43-31-34-52-49(36-43)47-28-16-17-29-51(47)61(52)46-26-14-5-15-27-46)32-35-53(50)62(54(48)38-45)58-57(42-24-12-4-13-25-42)59-55(40-20-8-2-9-21-40)56(60-58)41-22-10-3-11-23-41/h1-38H. The Balaban J connectivity index is 1.13. The molecule has 3 aromatic heterocycles. The lowest BCUT2D eigenvalue weighted by molar-refractivity contribution is 1.05. The highest BCUT2D eigenvalue weighted by molar-refractivity contribution is 6.13. The van der Waals surface area contributed by atoms with Crippen LogP contribution in [0, 0.1) is 0 Å². The van der Waals surface area contributed by atoms with Gasteiger partial charge in [0.2, 0.25) is 0 Å². The fourth-order valence-electron chi connectivity index (χ4n) is 9.21. The highest BCUT2D eigenvalue weighted by Gasteiger charge is 2.24. The number of para-hydroxylation sites is 2. The van der Waals surface area contributed by atoms with E-state index in [0.29, 0.717) is 0 Å². The molecule has 4 heteroatoms. The molecule has 0 aliphatic carbocycles. The minimum absolute atomic E-state index is 0.780. The molecule has 0 radical (unpaired) electrons. The predicted molar refractivity (Wildman–Crippen MR) is 258 cm³/mol. The van der Waals surface area contributed by atoms with Crippen LogP contribution in [0.5, 0.6) is 0 Å². The van der Waals surface area contributed by atoms with Gasteiger partial charge >= 0.3 is 0 Å². The maximum absolute atomic E-state index is 5.71. The van der Waals surface area contributed by atoms with Crippen LogP contribution in [0.3, 0.4) is 0 Å². The van der Waals surface area contributed by atoms with Crippen LogP contribution in [-0.2, 0) is 0 Å². The molecule has 0 aliphatic rings. The van der Waals surface area contributed by atoms with Crippen molar-refractivity contribution in [2.75, 3.05) is 0 Å². The highest BCUT2D eigenvalue weighted by Crippen LogP contribution is 2.42. The minimum atomic E-state index is 0.780. The number of hydrogen-bond donors (Lipinski definition) is 0. The molecular formula is C58H38N4. The summed E-state index contributed by atoms with van der Waals surface area (Å²) in [7, 11) is 0. The summed E-state index contributed by atoms with van der Waals surface area (Å²) in [6.07, 6.45) is 0. The molecule has 3 heterocycles. The smallest absolute Gasteiger partial charge is 0.165 e. The van der Waals surface area contributed by atoms with Crippen molar-refractivity contribution in [2.45, 2.75) is 0 Å². The van der Waals surface area contributed by atoms with Gasteiger partial charge in [0, 0.05) is 43.9 Å². The van der Waals surface area contributed by atoms with Gasteiger partial charge < -0.3 is 4.57 Å². The van der Waals surface area contributed by atoms with Crippen molar-refractivity contribution in [2.24, 2.45) is 0 Å². The summed E-state index contributed by atoms with van der Waals surface area (Å²) in [6, 6.07) is 82.0. The maximum atomic E-state index is 5.71. The summed E-state index contributed by atoms with van der Waals surface area (Å²) >= 11 is 0. The first-order chi connectivity index (χ1) is 30.8. The summed E-state index contributed by atoms with van der Waals surface area (Å²) in [5, 5.41) is 4.77. The predicted octanol–water partition coefficient (Wildman–Crippen LogP) is 15.0. The van der Waals surface area contributed by atoms with E-state index in [1.165, 1.54) is 27.4 Å². The van der Waals surface area contributed by atoms with Crippen LogP contribution in [0.15, 0.2) is 231 Å². The lowest BCUT2D eigenvalue weighted by atomic mass is 9.99. The van der Waals surface area contributed by atoms with E-state index in [-0.39, 0.29) is 0 Å². The second kappa shape index (κ2) is 14.7. The molecule has 0 saturated carbocycles. The van der Waals surface area contributed by atoms with E-state index in [2.05, 4.69) is 228 Å². The first-order valence-electron chi connectivity index (χ1n) is 21.1. The topological polar surface area (TPSA) is 35.6 Å². The van der Waals surface area contributed by atoms with Crippen LogP contribution in [0.25, 0.3) is 111 Å². The van der Waals surface area contributed by atoms with Gasteiger partial charge in [0.05, 0.1) is 33.5 Å². The number of nitrogens with zero attached hydrogens (tertiary/aromatic N) is 4. The van der Waals surface area contributed by atoms with E-state index in [9.17, 15) is 0 Å². The molecule has 0 amide bonds. The molecule has 0 saturated heterocycles. The summed E-state index contributed by atoms with van der Waals surface area (Å²) in [4.78, 5) is 11.3. The Kier molecular flexibility index (Phi) is 8.46. The van der Waals surface area contributed by atoms with Crippen molar-refractivity contribution < 1.29 is 0 Å². The van der Waals surface area contributed by atoms with Crippen LogP contribution >= 0.6 is 0 Å². The molecular weight excluding hydrogens is 753 g/mol. The molecule has 0 fully saturated rings. The van der Waals surface area contributed by atoms with Crippen molar-refractivity contribution in [3.05, 3.63) is 231 Å². The SMILES string of the molecule is c1ccc(-c2ccc3c4cc(-c5ccc6c(c5)c5ccccc5n6-c5ccccc5)ccc4n(-c4nc(-c5ccccc5)c(-c5ccccc5)nc4-c4ccccc4)c3c2)cc1. The van der Waals surface area contributed by atoms with Crippen LogP contribution in [-0.4, -0.2) is 19.1 Å². The van der Waals surface area contributed by atoms with Gasteiger partial charge in [0.15, 0.2) is 5.82 Å². The highest BCUT2D eigenvalue weighted by atomic mass is 15.1. The largest absolute Gasteiger partial charge is 0.309 e. The van der Waals surface area contributed by atoms with Gasteiger partial charge in [-0.25, -0.2) is 9.97 Å². The zero-order valence-electron chi connectivity index (χ0n) is 33.7. The van der Waals surface area contributed by atoms with E-state index >= 15 is 0 Å². The number of benzene rings is 9. The van der Waals surface area contributed by atoms with E-state index in [1.807, 2.05) is 12.1 Å². The van der Waals surface area contributed by atoms with Gasteiger partial charge in [0.1, 0.15) is 5.69 Å². The van der Waals surface area contributed by atoms with Gasteiger partial charge in [-0.2, -0.15) is 0 Å². The number of fused-ring (bicyclic) bond motifs is 6. The van der Waals surface area contributed by atoms with Crippen molar-refractivity contribution in [1.29, 1.82) is 0 Å². The maximum Gasteiger partial charge on any atom is 0.165 e. The Labute approximate surface area is 359 Å². The second-order valence-electron chi connectivity index (χ2n) is 15.8. The molecule has 62 heavy (non-hydrogen) atoms. The summed E-state index contributed by atoms with van der Waals surface area (Å²) in [6.45, 7) is 0. The molecule has 4 nitrogen and oxygen atoms in total. The molecule has 0 aliphatic heterocycles. The van der Waals surface area contributed by atoms with Crippen molar-refractivity contribution in [3.8, 4) is 67.5 Å². The quantitative estimate of drug-likeness (QED) is 0.161. The summed E-state index contributed by atoms with van der Waals surface area (Å²) in [5.74, 6) is 0.780. The molecule has 0 N–H and O–H groups in total. The molecule has 12 aromatic rings. The molecule has 0 atom stereocenters. The number of rotatable bonds is 7. The first-order valence-corrected chi connectivity index (χ1v) is 21.1. The lowest BCUT2D eigenvalue weighted by Crippen LogP contribution is -2.06. The Morgan fingerprint density at radius 3 is 1.26 bits per heavy atom. The molecule has 290 valence electrons. The zero-order chi connectivity index (χ0) is 41.0. The second-order valence-corrected chi connectivity index (χ2v) is 15.8. The van der Waals surface area contributed by atoms with Gasteiger partial charge in [-0.05, 0) is 70.8 Å². The van der Waals surface area contributed by atoms with Crippen molar-refractivity contribution in [1.82, 2.24) is 19.1 Å². The summed E-state index contributed by atoms with van der Waals surface area (Å²) < 4.78 is 4.71. The third-order valence-corrected chi connectivity index (χ3v) is 12.1. The normalized spacial score (nSPS) is 11.5. The Hall–Kier alpha value is -8.34. The fraction of sp³-hybridized carbons (Fsp3) is 0. The molecule has 0 unspecified atom stereocenters. The Morgan fingerprint density at radius 1 is 0.242 bits per heavy atom. The van der Waals surface area contributed by atoms with Gasteiger partial charge in [-0.15, -0.1) is 0 Å². The number of hydrogen-bond acceptors (Lipinski definition) is 2. The third kappa shape index (κ3) is 5.92. The van der Waals surface area contributed by atoms with E-state index in [1.54, 1.807) is 0 Å². The Bertz CT molecular complexity index is 3590. The average molecular weight is 791 g/mol. The van der Waals surface area contributed by atoms with Crippen LogP contribution in [0.2, 0.25) is 0 Å². The molecule has 12 rings (SSSR count). The zero-order valence-corrected chi connectivity index (χ0v) is 33.7. The van der Waals surface area contributed by atoms with Crippen LogP contribution in [0.4, 0.5) is 0 Å². The van der Waals surface area contributed by atoms with E-state index < -0.39 is 0 Å². The molecule has 0 bridgehead atoms. The lowest BCUT2D eigenvalue weighted by Gasteiger charge is -2.18. The van der Waals surface area contributed by atoms with Crippen LogP contribution < -0.4 is 0 Å². The van der Waals surface area contributed by atoms with E-state index in [4.69, 9.17) is 9.97 Å². The fourth-order valence-corrected chi connectivity index (χ4v) is 9.21.